The van der Waals surface area contributed by atoms with Crippen LogP contribution in [0.3, 0.4) is 0 Å². The van der Waals surface area contributed by atoms with Crippen molar-refractivity contribution in [2.45, 2.75) is 18.9 Å². The molecule has 9 nitrogen and oxygen atoms in total. The number of amides is 4. The summed E-state index contributed by atoms with van der Waals surface area (Å²) in [6.45, 7) is 1.82. The Morgan fingerprint density at radius 3 is 2.78 bits per heavy atom. The van der Waals surface area contributed by atoms with Gasteiger partial charge in [-0.25, -0.2) is 14.2 Å². The number of aryl methyl sites for hydroxylation is 1. The van der Waals surface area contributed by atoms with Crippen LogP contribution in [0.4, 0.5) is 9.18 Å². The minimum atomic E-state index is -1.67. The van der Waals surface area contributed by atoms with Crippen LogP contribution in [0.5, 0.6) is 5.75 Å². The van der Waals surface area contributed by atoms with Crippen molar-refractivity contribution in [1.29, 1.82) is 0 Å². The number of hydrogen-bond acceptors (Lipinski definition) is 6. The van der Waals surface area contributed by atoms with Gasteiger partial charge >= 0.3 is 6.03 Å². The third kappa shape index (κ3) is 2.90. The zero-order valence-corrected chi connectivity index (χ0v) is 17.3. The number of fused-ring (bicyclic) bond motifs is 2. The lowest BCUT2D eigenvalue weighted by molar-refractivity contribution is -0.125. The number of methoxy groups -OCH3 is 1. The summed E-state index contributed by atoms with van der Waals surface area (Å²) in [5.41, 5.74) is 0.489. The number of pyridine rings is 1. The fourth-order valence-electron chi connectivity index (χ4n) is 4.24. The molecule has 5 rings (SSSR count). The smallest absolute Gasteiger partial charge is 0.322 e. The van der Waals surface area contributed by atoms with Crippen LogP contribution >= 0.6 is 0 Å². The summed E-state index contributed by atoms with van der Waals surface area (Å²) in [7, 11) is 1.32. The van der Waals surface area contributed by atoms with Crippen LogP contribution in [-0.2, 0) is 16.8 Å². The Labute approximate surface area is 181 Å². The van der Waals surface area contributed by atoms with Gasteiger partial charge in [0.2, 0.25) is 0 Å². The van der Waals surface area contributed by atoms with Crippen LogP contribution < -0.4 is 15.4 Å². The van der Waals surface area contributed by atoms with E-state index in [4.69, 9.17) is 9.15 Å². The SMILES string of the molecule is COc1ccc2c(c1F)C(=O)N(C[C@@]1(c3cc4nc(C)ccc4o3)NC(=O)NC1=O)CC2. The lowest BCUT2D eigenvalue weighted by atomic mass is 9.92. The van der Waals surface area contributed by atoms with Crippen LogP contribution in [0.25, 0.3) is 11.1 Å². The summed E-state index contributed by atoms with van der Waals surface area (Å²) >= 11 is 0. The fraction of sp³-hybridized carbons (Fsp3) is 0.273. The highest BCUT2D eigenvalue weighted by atomic mass is 19.1. The number of aromatic nitrogens is 1. The largest absolute Gasteiger partial charge is 0.494 e. The van der Waals surface area contributed by atoms with E-state index < -0.39 is 29.2 Å². The number of benzene rings is 1. The molecule has 2 aliphatic heterocycles. The maximum atomic E-state index is 14.9. The zero-order chi connectivity index (χ0) is 22.6. The maximum Gasteiger partial charge on any atom is 0.322 e. The zero-order valence-electron chi connectivity index (χ0n) is 17.3. The molecule has 1 atom stereocenters. The molecule has 4 heterocycles. The van der Waals surface area contributed by atoms with Crippen molar-refractivity contribution >= 4 is 28.9 Å². The van der Waals surface area contributed by atoms with Crippen molar-refractivity contribution in [3.8, 4) is 5.75 Å². The quantitative estimate of drug-likeness (QED) is 0.603. The van der Waals surface area contributed by atoms with Gasteiger partial charge in [-0.05, 0) is 37.1 Å². The fourth-order valence-corrected chi connectivity index (χ4v) is 4.24. The first-order valence-electron chi connectivity index (χ1n) is 9.98. The molecule has 10 heteroatoms. The summed E-state index contributed by atoms with van der Waals surface area (Å²) in [6.07, 6.45) is 0.383. The van der Waals surface area contributed by atoms with E-state index in [1.807, 2.05) is 6.92 Å². The summed E-state index contributed by atoms with van der Waals surface area (Å²) in [6, 6.07) is 7.47. The molecule has 3 aromatic rings. The monoisotopic (exact) mass is 438 g/mol. The number of nitrogens with one attached hydrogen (secondary N) is 2. The van der Waals surface area contributed by atoms with Crippen molar-refractivity contribution in [1.82, 2.24) is 20.5 Å². The molecule has 0 saturated carbocycles. The molecular formula is C22H19FN4O5. The Morgan fingerprint density at radius 2 is 2.06 bits per heavy atom. The Bertz CT molecular complexity index is 1300. The van der Waals surface area contributed by atoms with Crippen LogP contribution in [0.1, 0.15) is 27.4 Å². The second-order valence-electron chi connectivity index (χ2n) is 7.85. The molecule has 0 bridgehead atoms. The maximum absolute atomic E-state index is 14.9. The highest BCUT2D eigenvalue weighted by molar-refractivity contribution is 6.08. The first-order valence-corrected chi connectivity index (χ1v) is 9.98. The van der Waals surface area contributed by atoms with Crippen LogP contribution in [0.2, 0.25) is 0 Å². The summed E-state index contributed by atoms with van der Waals surface area (Å²) in [4.78, 5) is 44.0. The summed E-state index contributed by atoms with van der Waals surface area (Å²) in [5.74, 6) is -1.92. The second kappa shape index (κ2) is 7.04. The second-order valence-corrected chi connectivity index (χ2v) is 7.85. The number of furan rings is 1. The Hall–Kier alpha value is -3.95. The van der Waals surface area contributed by atoms with Gasteiger partial charge in [-0.15, -0.1) is 0 Å². The van der Waals surface area contributed by atoms with E-state index in [9.17, 15) is 18.8 Å². The van der Waals surface area contributed by atoms with Crippen molar-refractivity contribution in [2.75, 3.05) is 20.2 Å². The van der Waals surface area contributed by atoms with E-state index in [-0.39, 0.29) is 30.2 Å². The number of imide groups is 1. The molecular weight excluding hydrogens is 419 g/mol. The Balaban J connectivity index is 1.56. The normalized spacial score (nSPS) is 20.3. The number of carbonyl (C=O) groups excluding carboxylic acids is 3. The highest BCUT2D eigenvalue weighted by Gasteiger charge is 2.52. The van der Waals surface area contributed by atoms with Crippen LogP contribution in [-0.4, -0.2) is 47.9 Å². The van der Waals surface area contributed by atoms with E-state index in [2.05, 4.69) is 15.6 Å². The summed E-state index contributed by atoms with van der Waals surface area (Å²) < 4.78 is 25.7. The molecule has 0 radical (unpaired) electrons. The van der Waals surface area contributed by atoms with E-state index >= 15 is 0 Å². The average molecular weight is 438 g/mol. The topological polar surface area (TPSA) is 114 Å². The highest BCUT2D eigenvalue weighted by Crippen LogP contribution is 2.34. The number of halogens is 1. The van der Waals surface area contributed by atoms with Gasteiger partial charge in [-0.1, -0.05) is 6.07 Å². The van der Waals surface area contributed by atoms with Crippen molar-refractivity contribution < 1.29 is 27.9 Å². The van der Waals surface area contributed by atoms with Gasteiger partial charge in [-0.2, -0.15) is 0 Å². The molecule has 0 spiro atoms. The number of nitrogens with zero attached hydrogens (tertiary/aromatic N) is 2. The molecule has 1 aromatic carbocycles. The third-order valence-electron chi connectivity index (χ3n) is 5.87. The minimum absolute atomic E-state index is 0.0423. The number of rotatable bonds is 4. The first kappa shape index (κ1) is 20.0. The standard InChI is InChI=1S/C22H19FN4O5/c1-11-3-5-14-13(24-11)9-16(32-14)22(20(29)25-21(30)26-22)10-27-8-7-12-4-6-15(31-2)18(23)17(12)19(27)28/h3-6,9H,7-8,10H2,1-2H3,(H2,25,26,29,30)/t22-/m0/s1. The van der Waals surface area contributed by atoms with Gasteiger partial charge in [0.1, 0.15) is 11.3 Å². The predicted octanol–water partition coefficient (Wildman–Crippen LogP) is 2.02. The lowest BCUT2D eigenvalue weighted by Crippen LogP contribution is -2.55. The molecule has 2 aromatic heterocycles. The molecule has 164 valence electrons. The van der Waals surface area contributed by atoms with Gasteiger partial charge in [-0.3, -0.25) is 14.9 Å². The molecule has 0 aliphatic carbocycles. The van der Waals surface area contributed by atoms with E-state index in [1.165, 1.54) is 18.1 Å². The average Bonchev–Trinajstić information content (AvgIpc) is 3.30. The molecule has 4 amide bonds. The minimum Gasteiger partial charge on any atom is -0.494 e. The van der Waals surface area contributed by atoms with E-state index in [1.54, 1.807) is 24.3 Å². The van der Waals surface area contributed by atoms with Crippen molar-refractivity contribution in [3.63, 3.8) is 0 Å². The van der Waals surface area contributed by atoms with E-state index in [0.717, 1.165) is 5.69 Å². The molecule has 0 unspecified atom stereocenters. The van der Waals surface area contributed by atoms with Crippen molar-refractivity contribution in [2.24, 2.45) is 0 Å². The number of urea groups is 1. The molecule has 1 fully saturated rings. The van der Waals surface area contributed by atoms with Crippen LogP contribution in [0, 0.1) is 12.7 Å². The number of carbonyl (C=O) groups is 3. The molecule has 32 heavy (non-hydrogen) atoms. The third-order valence-corrected chi connectivity index (χ3v) is 5.87. The van der Waals surface area contributed by atoms with E-state index in [0.29, 0.717) is 23.1 Å². The van der Waals surface area contributed by atoms with Gasteiger partial charge in [0.25, 0.3) is 11.8 Å². The lowest BCUT2D eigenvalue weighted by Gasteiger charge is -2.34. The summed E-state index contributed by atoms with van der Waals surface area (Å²) in [5, 5.41) is 4.82. The number of ether oxygens (including phenoxy) is 1. The Morgan fingerprint density at radius 1 is 1.25 bits per heavy atom. The van der Waals surface area contributed by atoms with Gasteiger partial charge < -0.3 is 19.4 Å². The van der Waals surface area contributed by atoms with Crippen molar-refractivity contribution in [3.05, 3.63) is 58.7 Å². The van der Waals surface area contributed by atoms with Crippen LogP contribution in [0.15, 0.2) is 34.7 Å². The molecule has 2 aliphatic rings. The first-order chi connectivity index (χ1) is 15.3. The van der Waals surface area contributed by atoms with Gasteiger partial charge in [0.15, 0.2) is 22.7 Å². The van der Waals surface area contributed by atoms with Gasteiger partial charge in [0.05, 0.1) is 19.2 Å². The Kier molecular flexibility index (Phi) is 4.40. The molecule has 1 saturated heterocycles. The van der Waals surface area contributed by atoms with Gasteiger partial charge in [0, 0.05) is 18.3 Å². The molecule has 2 N–H and O–H groups in total. The predicted molar refractivity (Wildman–Crippen MR) is 110 cm³/mol. The number of hydrogen-bond donors (Lipinski definition) is 2.